The maximum absolute atomic E-state index is 11.4. The van der Waals surface area contributed by atoms with Gasteiger partial charge in [-0.2, -0.15) is 0 Å². The Hall–Kier alpha value is 1.84. The number of rotatable bonds is 2. The van der Waals surface area contributed by atoms with E-state index in [-0.39, 0.29) is 0 Å². The predicted octanol–water partition coefficient (Wildman–Crippen LogP) is 5.08. The Kier molecular flexibility index (Phi) is 7.82. The fourth-order valence-corrected chi connectivity index (χ4v) is 1.00. The van der Waals surface area contributed by atoms with Crippen LogP contribution in [-0.2, 0) is 19.4 Å². The number of alkyl halides is 10. The Balaban J connectivity index is 4.83. The molecule has 0 amide bonds. The number of carbonyl (C=O) groups excluding carboxylic acids is 2. The van der Waals surface area contributed by atoms with E-state index >= 15 is 0 Å². The Morgan fingerprint density at radius 1 is 0.550 bits per heavy atom. The molecule has 0 aliphatic carbocycles. The number of hydrogen-bond donors (Lipinski definition) is 0. The van der Waals surface area contributed by atoms with Gasteiger partial charge in [0.1, 0.15) is 0 Å². The first kappa shape index (κ1) is 21.8. The fourth-order valence-electron chi connectivity index (χ4n) is 0.412. The third kappa shape index (κ3) is 5.19. The van der Waals surface area contributed by atoms with Crippen LogP contribution in [0, 0.1) is 0 Å². The SMILES string of the molecule is O=C(OOC(=O)C(Cl)(Cl)C(Cl)(Cl)Cl)C(Cl)(Cl)C(Cl)(Cl)Cl. The highest BCUT2D eigenvalue weighted by atomic mass is 35.6. The molecule has 0 unspecified atom stereocenters. The summed E-state index contributed by atoms with van der Waals surface area (Å²) in [5.41, 5.74) is 0. The first-order chi connectivity index (χ1) is 8.55. The van der Waals surface area contributed by atoms with Crippen LogP contribution in [0.4, 0.5) is 0 Å². The molecule has 0 bridgehead atoms. The summed E-state index contributed by atoms with van der Waals surface area (Å²) in [5, 5.41) is 0. The van der Waals surface area contributed by atoms with Gasteiger partial charge in [0.2, 0.25) is 7.59 Å². The van der Waals surface area contributed by atoms with Crippen molar-refractivity contribution in [1.29, 1.82) is 0 Å². The minimum absolute atomic E-state index is 1.65. The highest BCUT2D eigenvalue weighted by molar-refractivity contribution is 6.79. The molecule has 0 radical (unpaired) electrons. The van der Waals surface area contributed by atoms with Crippen molar-refractivity contribution in [2.45, 2.75) is 16.3 Å². The van der Waals surface area contributed by atoms with Gasteiger partial charge in [-0.3, -0.25) is 0 Å². The molecule has 0 fully saturated rings. The Labute approximate surface area is 162 Å². The van der Waals surface area contributed by atoms with Gasteiger partial charge in [-0.15, -0.1) is 0 Å². The van der Waals surface area contributed by atoms with Crippen LogP contribution in [0.15, 0.2) is 0 Å². The molecule has 0 saturated heterocycles. The number of carbonyl (C=O) groups is 2. The standard InChI is InChI=1S/C6Cl10O4/c7-3(8,5(11,12)13)1(17)19-20-2(18)4(9,10)6(14,15)16. The maximum Gasteiger partial charge on any atom is 0.395 e. The monoisotopic (exact) mass is 486 g/mol. The van der Waals surface area contributed by atoms with Gasteiger partial charge in [-0.1, -0.05) is 116 Å². The molecule has 0 N–H and O–H groups in total. The third-order valence-corrected chi connectivity index (χ3v) is 6.03. The van der Waals surface area contributed by atoms with Crippen LogP contribution in [0.25, 0.3) is 0 Å². The minimum Gasteiger partial charge on any atom is -0.244 e. The molecule has 20 heavy (non-hydrogen) atoms. The summed E-state index contributed by atoms with van der Waals surface area (Å²) >= 11 is 53.5. The smallest absolute Gasteiger partial charge is 0.244 e. The van der Waals surface area contributed by atoms with Crippen molar-refractivity contribution in [3.8, 4) is 0 Å². The fraction of sp³-hybridized carbons (Fsp3) is 0.667. The molecule has 0 rings (SSSR count). The van der Waals surface area contributed by atoms with Gasteiger partial charge >= 0.3 is 11.9 Å². The van der Waals surface area contributed by atoms with Gasteiger partial charge in [0, 0.05) is 0 Å². The molecule has 0 aromatic heterocycles. The highest BCUT2D eigenvalue weighted by Gasteiger charge is 2.57. The van der Waals surface area contributed by atoms with Crippen LogP contribution in [0.1, 0.15) is 0 Å². The van der Waals surface area contributed by atoms with E-state index in [1.165, 1.54) is 0 Å². The van der Waals surface area contributed by atoms with E-state index in [9.17, 15) is 9.59 Å². The van der Waals surface area contributed by atoms with Gasteiger partial charge < -0.3 is 0 Å². The van der Waals surface area contributed by atoms with E-state index in [2.05, 4.69) is 9.78 Å². The Bertz CT molecular complexity index is 356. The van der Waals surface area contributed by atoms with Crippen molar-refractivity contribution in [3.05, 3.63) is 0 Å². The van der Waals surface area contributed by atoms with E-state index in [4.69, 9.17) is 116 Å². The summed E-state index contributed by atoms with van der Waals surface area (Å²) in [4.78, 5) is 30.6. The summed E-state index contributed by atoms with van der Waals surface area (Å²) in [5.74, 6) is -3.30. The van der Waals surface area contributed by atoms with E-state index < -0.39 is 28.2 Å². The second-order valence-electron chi connectivity index (χ2n) is 2.89. The van der Waals surface area contributed by atoms with Gasteiger partial charge in [0.15, 0.2) is 0 Å². The average Bonchev–Trinajstić information content (AvgIpc) is 2.21. The molecular formula is C6Cl10O4. The predicted molar refractivity (Wildman–Crippen MR) is 81.6 cm³/mol. The van der Waals surface area contributed by atoms with Crippen LogP contribution in [-0.4, -0.2) is 28.2 Å². The van der Waals surface area contributed by atoms with E-state index in [1.807, 2.05) is 0 Å². The molecule has 4 nitrogen and oxygen atoms in total. The average molecular weight is 491 g/mol. The van der Waals surface area contributed by atoms with E-state index in [0.29, 0.717) is 0 Å². The van der Waals surface area contributed by atoms with Crippen LogP contribution in [0.3, 0.4) is 0 Å². The lowest BCUT2D eigenvalue weighted by molar-refractivity contribution is -0.260. The number of halogens is 10. The Morgan fingerprint density at radius 2 is 0.750 bits per heavy atom. The lowest BCUT2D eigenvalue weighted by atomic mass is 10.4. The summed E-state index contributed by atoms with van der Waals surface area (Å²) in [6.45, 7) is 0. The molecule has 0 aliphatic rings. The van der Waals surface area contributed by atoms with Crippen molar-refractivity contribution < 1.29 is 19.4 Å². The first-order valence-corrected chi connectivity index (χ1v) is 7.65. The molecule has 0 heterocycles. The second-order valence-corrected chi connectivity index (χ2v) is 10.1. The van der Waals surface area contributed by atoms with Crippen molar-refractivity contribution in [3.63, 3.8) is 0 Å². The normalized spacial score (nSPS) is 13.9. The van der Waals surface area contributed by atoms with Crippen molar-refractivity contribution in [2.75, 3.05) is 0 Å². The van der Waals surface area contributed by atoms with Crippen molar-refractivity contribution >= 4 is 128 Å². The van der Waals surface area contributed by atoms with Gasteiger partial charge in [0.05, 0.1) is 0 Å². The lowest BCUT2D eigenvalue weighted by Gasteiger charge is -2.26. The zero-order valence-corrected chi connectivity index (χ0v) is 16.0. The van der Waals surface area contributed by atoms with Gasteiger partial charge in [-0.25, -0.2) is 19.4 Å². The van der Waals surface area contributed by atoms with Crippen LogP contribution in [0.2, 0.25) is 0 Å². The molecule has 0 saturated carbocycles. The highest BCUT2D eigenvalue weighted by Crippen LogP contribution is 2.48. The number of hydrogen-bond acceptors (Lipinski definition) is 4. The van der Waals surface area contributed by atoms with Gasteiger partial charge in [0.25, 0.3) is 8.67 Å². The molecule has 0 aromatic carbocycles. The molecular weight excluding hydrogens is 491 g/mol. The first-order valence-electron chi connectivity index (χ1n) is 3.87. The molecule has 0 aromatic rings. The summed E-state index contributed by atoms with van der Waals surface area (Å²) < 4.78 is -10.4. The molecule has 0 aliphatic heterocycles. The quantitative estimate of drug-likeness (QED) is 0.308. The van der Waals surface area contributed by atoms with Crippen molar-refractivity contribution in [2.24, 2.45) is 0 Å². The van der Waals surface area contributed by atoms with Crippen LogP contribution >= 0.6 is 116 Å². The molecule has 14 heteroatoms. The topological polar surface area (TPSA) is 52.6 Å². The summed E-state index contributed by atoms with van der Waals surface area (Å²) in [6, 6.07) is 0. The van der Waals surface area contributed by atoms with Crippen LogP contribution < -0.4 is 0 Å². The summed E-state index contributed by atoms with van der Waals surface area (Å²) in [7, 11) is 0. The largest absolute Gasteiger partial charge is 0.395 e. The zero-order chi connectivity index (χ0) is 16.6. The molecule has 0 atom stereocenters. The third-order valence-electron chi connectivity index (χ3n) is 1.42. The lowest BCUT2D eigenvalue weighted by Crippen LogP contribution is -2.44. The zero-order valence-electron chi connectivity index (χ0n) is 8.41. The van der Waals surface area contributed by atoms with Crippen molar-refractivity contribution in [1.82, 2.24) is 0 Å². The summed E-state index contributed by atoms with van der Waals surface area (Å²) in [6.07, 6.45) is 0. The van der Waals surface area contributed by atoms with E-state index in [1.54, 1.807) is 0 Å². The minimum atomic E-state index is -2.70. The maximum atomic E-state index is 11.4. The van der Waals surface area contributed by atoms with Crippen LogP contribution in [0.5, 0.6) is 0 Å². The Morgan fingerprint density at radius 3 is 0.900 bits per heavy atom. The molecule has 0 spiro atoms. The van der Waals surface area contributed by atoms with Gasteiger partial charge in [-0.05, 0) is 0 Å². The molecule has 118 valence electrons. The second kappa shape index (κ2) is 7.16. The van der Waals surface area contributed by atoms with E-state index in [0.717, 1.165) is 0 Å².